The van der Waals surface area contributed by atoms with Crippen LogP contribution in [0.25, 0.3) is 0 Å². The summed E-state index contributed by atoms with van der Waals surface area (Å²) in [4.78, 5) is 0. The van der Waals surface area contributed by atoms with Crippen molar-refractivity contribution in [2.75, 3.05) is 0 Å². The summed E-state index contributed by atoms with van der Waals surface area (Å²) < 4.78 is 11.1. The van der Waals surface area contributed by atoms with Gasteiger partial charge in [-0.2, -0.15) is 0 Å². The van der Waals surface area contributed by atoms with E-state index in [9.17, 15) is 0 Å². The summed E-state index contributed by atoms with van der Waals surface area (Å²) in [6.45, 7) is 1.08. The molecule has 0 radical (unpaired) electrons. The van der Waals surface area contributed by atoms with Crippen molar-refractivity contribution in [3.05, 3.63) is 50.9 Å². The average Bonchev–Trinajstić information content (AvgIpc) is 3.18. The SMILES string of the molecule is Clc1cc(Cl)c(OCc2occc2CNC2CC2)cc1Cl. The van der Waals surface area contributed by atoms with Crippen molar-refractivity contribution in [2.24, 2.45) is 0 Å². The molecule has 1 aliphatic carbocycles. The molecule has 0 amide bonds. The molecule has 2 aromatic rings. The van der Waals surface area contributed by atoms with Gasteiger partial charge in [0.25, 0.3) is 0 Å². The molecule has 0 unspecified atom stereocenters. The highest BCUT2D eigenvalue weighted by Crippen LogP contribution is 2.34. The lowest BCUT2D eigenvalue weighted by molar-refractivity contribution is 0.268. The van der Waals surface area contributed by atoms with Crippen molar-refractivity contribution in [3.8, 4) is 5.75 Å². The Morgan fingerprint density at radius 3 is 2.67 bits per heavy atom. The van der Waals surface area contributed by atoms with Gasteiger partial charge in [-0.1, -0.05) is 34.8 Å². The highest BCUT2D eigenvalue weighted by Gasteiger charge is 2.21. The lowest BCUT2D eigenvalue weighted by Crippen LogP contribution is -2.16. The Hall–Kier alpha value is -0.870. The van der Waals surface area contributed by atoms with Crippen molar-refractivity contribution < 1.29 is 9.15 Å². The summed E-state index contributed by atoms with van der Waals surface area (Å²) in [6, 6.07) is 5.78. The van der Waals surface area contributed by atoms with Gasteiger partial charge in [0.15, 0.2) is 0 Å². The number of furan rings is 1. The first kappa shape index (κ1) is 15.0. The topological polar surface area (TPSA) is 34.4 Å². The Bertz CT molecular complexity index is 638. The van der Waals surface area contributed by atoms with Gasteiger partial charge in [0.05, 0.1) is 21.3 Å². The Balaban J connectivity index is 1.64. The number of benzene rings is 1. The van der Waals surface area contributed by atoms with Crippen molar-refractivity contribution in [1.82, 2.24) is 5.32 Å². The third kappa shape index (κ3) is 3.86. The van der Waals surface area contributed by atoms with Crippen LogP contribution in [0, 0.1) is 0 Å². The third-order valence-corrected chi connectivity index (χ3v) is 4.35. The lowest BCUT2D eigenvalue weighted by atomic mass is 10.2. The monoisotopic (exact) mass is 345 g/mol. The largest absolute Gasteiger partial charge is 0.484 e. The fraction of sp³-hybridized carbons (Fsp3) is 0.333. The van der Waals surface area contributed by atoms with Crippen LogP contribution in [-0.4, -0.2) is 6.04 Å². The third-order valence-electron chi connectivity index (χ3n) is 3.33. The zero-order valence-electron chi connectivity index (χ0n) is 11.2. The van der Waals surface area contributed by atoms with Gasteiger partial charge in [-0.3, -0.25) is 0 Å². The van der Waals surface area contributed by atoms with Crippen LogP contribution in [0.2, 0.25) is 15.1 Å². The van der Waals surface area contributed by atoms with Crippen molar-refractivity contribution in [2.45, 2.75) is 32.0 Å². The minimum absolute atomic E-state index is 0.298. The molecular formula is C15H14Cl3NO2. The number of rotatable bonds is 6. The number of halogens is 3. The predicted molar refractivity (Wildman–Crippen MR) is 84.4 cm³/mol. The minimum Gasteiger partial charge on any atom is -0.484 e. The zero-order valence-corrected chi connectivity index (χ0v) is 13.4. The normalized spacial score (nSPS) is 14.4. The Labute approximate surface area is 138 Å². The first-order valence-electron chi connectivity index (χ1n) is 6.69. The van der Waals surface area contributed by atoms with E-state index in [0.717, 1.165) is 17.9 Å². The summed E-state index contributed by atoms with van der Waals surface area (Å²) >= 11 is 17.9. The van der Waals surface area contributed by atoms with Crippen LogP contribution in [0.15, 0.2) is 28.9 Å². The number of hydrogen-bond donors (Lipinski definition) is 1. The molecule has 1 heterocycles. The standard InChI is InChI=1S/C15H14Cl3NO2/c16-11-5-13(18)14(6-12(11)17)21-8-15-9(3-4-20-15)7-19-10-1-2-10/h3-6,10,19H,1-2,7-8H2. The zero-order chi connectivity index (χ0) is 14.8. The molecule has 21 heavy (non-hydrogen) atoms. The van der Waals surface area contributed by atoms with Crippen LogP contribution in [0.4, 0.5) is 0 Å². The van der Waals surface area contributed by atoms with Gasteiger partial charge in [-0.15, -0.1) is 0 Å². The maximum atomic E-state index is 6.08. The lowest BCUT2D eigenvalue weighted by Gasteiger charge is -2.09. The van der Waals surface area contributed by atoms with Crippen molar-refractivity contribution >= 4 is 34.8 Å². The fourth-order valence-electron chi connectivity index (χ4n) is 1.95. The second-order valence-electron chi connectivity index (χ2n) is 5.01. The van der Waals surface area contributed by atoms with Crippen LogP contribution in [0.5, 0.6) is 5.75 Å². The van der Waals surface area contributed by atoms with Crippen LogP contribution < -0.4 is 10.1 Å². The molecule has 1 aromatic heterocycles. The van der Waals surface area contributed by atoms with Gasteiger partial charge in [-0.05, 0) is 25.0 Å². The summed E-state index contributed by atoms with van der Waals surface area (Å²) in [7, 11) is 0. The van der Waals surface area contributed by atoms with Gasteiger partial charge >= 0.3 is 0 Å². The summed E-state index contributed by atoms with van der Waals surface area (Å²) in [5, 5.41) is 4.68. The van der Waals surface area contributed by atoms with Gasteiger partial charge < -0.3 is 14.5 Å². The molecule has 1 N–H and O–H groups in total. The molecule has 0 spiro atoms. The maximum Gasteiger partial charge on any atom is 0.146 e. The van der Waals surface area contributed by atoms with Gasteiger partial charge in [-0.25, -0.2) is 0 Å². The van der Waals surface area contributed by atoms with E-state index >= 15 is 0 Å². The molecule has 1 aliphatic rings. The number of nitrogens with one attached hydrogen (secondary N) is 1. The molecule has 1 saturated carbocycles. The molecule has 3 nitrogen and oxygen atoms in total. The highest BCUT2D eigenvalue weighted by atomic mass is 35.5. The van der Waals surface area contributed by atoms with Crippen LogP contribution in [0.1, 0.15) is 24.2 Å². The van der Waals surface area contributed by atoms with E-state index in [1.165, 1.54) is 12.8 Å². The van der Waals surface area contributed by atoms with E-state index in [4.69, 9.17) is 44.0 Å². The quantitative estimate of drug-likeness (QED) is 0.741. The summed E-state index contributed by atoms with van der Waals surface area (Å²) in [6.07, 6.45) is 4.17. The smallest absolute Gasteiger partial charge is 0.146 e. The highest BCUT2D eigenvalue weighted by molar-refractivity contribution is 6.43. The molecule has 0 bridgehead atoms. The van der Waals surface area contributed by atoms with Gasteiger partial charge in [0, 0.05) is 24.2 Å². The second kappa shape index (κ2) is 6.49. The van der Waals surface area contributed by atoms with Crippen LogP contribution >= 0.6 is 34.8 Å². The molecule has 1 aromatic carbocycles. The van der Waals surface area contributed by atoms with Crippen molar-refractivity contribution in [1.29, 1.82) is 0 Å². The first-order chi connectivity index (χ1) is 10.1. The minimum atomic E-state index is 0.298. The number of hydrogen-bond acceptors (Lipinski definition) is 3. The molecule has 112 valence electrons. The van der Waals surface area contributed by atoms with E-state index in [0.29, 0.717) is 33.5 Å². The molecule has 0 saturated heterocycles. The summed E-state index contributed by atoms with van der Waals surface area (Å²) in [5.41, 5.74) is 1.10. The van der Waals surface area contributed by atoms with E-state index in [2.05, 4.69) is 5.32 Å². The van der Waals surface area contributed by atoms with E-state index in [1.807, 2.05) is 6.07 Å². The molecule has 0 aliphatic heterocycles. The maximum absolute atomic E-state index is 6.08. The Morgan fingerprint density at radius 2 is 1.90 bits per heavy atom. The molecule has 1 fully saturated rings. The Kier molecular flexibility index (Phi) is 4.65. The number of ether oxygens (including phenoxy) is 1. The predicted octanol–water partition coefficient (Wildman–Crippen LogP) is 5.07. The molecular weight excluding hydrogens is 333 g/mol. The fourth-order valence-corrected chi connectivity index (χ4v) is 2.54. The van der Waals surface area contributed by atoms with Gasteiger partial charge in [0.1, 0.15) is 18.1 Å². The molecule has 3 rings (SSSR count). The van der Waals surface area contributed by atoms with E-state index < -0.39 is 0 Å². The second-order valence-corrected chi connectivity index (χ2v) is 6.23. The average molecular weight is 347 g/mol. The van der Waals surface area contributed by atoms with E-state index in [-0.39, 0.29) is 0 Å². The van der Waals surface area contributed by atoms with Crippen molar-refractivity contribution in [3.63, 3.8) is 0 Å². The Morgan fingerprint density at radius 1 is 1.14 bits per heavy atom. The van der Waals surface area contributed by atoms with Crippen LogP contribution in [-0.2, 0) is 13.2 Å². The van der Waals surface area contributed by atoms with Gasteiger partial charge in [0.2, 0.25) is 0 Å². The van der Waals surface area contributed by atoms with Crippen LogP contribution in [0.3, 0.4) is 0 Å². The first-order valence-corrected chi connectivity index (χ1v) is 7.83. The summed E-state index contributed by atoms with van der Waals surface area (Å²) in [5.74, 6) is 1.27. The van der Waals surface area contributed by atoms with E-state index in [1.54, 1.807) is 18.4 Å². The molecule has 6 heteroatoms. The molecule has 0 atom stereocenters.